The number of nitrogens with one attached hydrogen (secondary N) is 1. The van der Waals surface area contributed by atoms with E-state index in [-0.39, 0.29) is 5.52 Å². The summed E-state index contributed by atoms with van der Waals surface area (Å²) in [6.07, 6.45) is -4.65. The molecule has 0 amide bonds. The lowest BCUT2D eigenvalue weighted by Crippen LogP contribution is -2.37. The Morgan fingerprint density at radius 3 is 2.37 bits per heavy atom. The predicted octanol–water partition coefficient (Wildman–Crippen LogP) is 2.29. The number of alkyl halides is 3. The second-order valence-corrected chi connectivity index (χ2v) is 4.42. The topological polar surface area (TPSA) is 54.9 Å². The summed E-state index contributed by atoms with van der Waals surface area (Å²) in [5.74, 6) is 0. The molecule has 0 unspecified atom stereocenters. The molecule has 0 spiro atoms. The van der Waals surface area contributed by atoms with E-state index in [1.54, 1.807) is 13.8 Å². The summed E-state index contributed by atoms with van der Waals surface area (Å²) in [5.41, 5.74) is -2.80. The Morgan fingerprint density at radius 2 is 1.84 bits per heavy atom. The van der Waals surface area contributed by atoms with Crippen molar-refractivity contribution in [1.29, 1.82) is 0 Å². The number of hydrogen-bond acceptors (Lipinski definition) is 2. The maximum atomic E-state index is 12.9. The fraction of sp³-hybridized carbons (Fsp3) is 0.333. The Morgan fingerprint density at radius 1 is 1.21 bits per heavy atom. The Labute approximate surface area is 105 Å². The molecule has 0 aliphatic rings. The number of aromatic nitrogens is 2. The molecule has 0 aliphatic heterocycles. The quantitative estimate of drug-likeness (QED) is 0.866. The van der Waals surface area contributed by atoms with Crippen molar-refractivity contribution in [3.63, 3.8) is 0 Å². The molecule has 0 aliphatic carbocycles. The van der Waals surface area contributed by atoms with Crippen molar-refractivity contribution in [2.24, 2.45) is 0 Å². The molecule has 1 aromatic heterocycles. The molecule has 102 valence electrons. The molecule has 0 fully saturated rings. The third-order valence-electron chi connectivity index (χ3n) is 2.78. The van der Waals surface area contributed by atoms with Crippen molar-refractivity contribution in [3.8, 4) is 0 Å². The first-order valence-electron chi connectivity index (χ1n) is 5.58. The average Bonchev–Trinajstić information content (AvgIpc) is 2.26. The van der Waals surface area contributed by atoms with Gasteiger partial charge in [-0.05, 0) is 26.0 Å². The Hall–Kier alpha value is -2.05. The van der Waals surface area contributed by atoms with Gasteiger partial charge in [-0.2, -0.15) is 13.2 Å². The lowest BCUT2D eigenvalue weighted by Gasteiger charge is -2.13. The van der Waals surface area contributed by atoms with Crippen LogP contribution in [0.15, 0.2) is 27.8 Å². The fourth-order valence-corrected chi connectivity index (χ4v) is 1.98. The maximum absolute atomic E-state index is 12.9. The van der Waals surface area contributed by atoms with Gasteiger partial charge in [0.05, 0.1) is 16.5 Å². The van der Waals surface area contributed by atoms with E-state index in [2.05, 4.69) is 4.98 Å². The second-order valence-electron chi connectivity index (χ2n) is 4.42. The molecule has 1 N–H and O–H groups in total. The van der Waals surface area contributed by atoms with Gasteiger partial charge >= 0.3 is 11.9 Å². The zero-order valence-corrected chi connectivity index (χ0v) is 10.2. The van der Waals surface area contributed by atoms with Gasteiger partial charge in [0.15, 0.2) is 0 Å². The average molecular weight is 272 g/mol. The Bertz CT molecular complexity index is 741. The Kier molecular flexibility index (Phi) is 3.00. The van der Waals surface area contributed by atoms with E-state index in [1.807, 2.05) is 0 Å². The van der Waals surface area contributed by atoms with Gasteiger partial charge < -0.3 is 4.98 Å². The van der Waals surface area contributed by atoms with E-state index in [0.717, 1.165) is 16.7 Å². The molecule has 19 heavy (non-hydrogen) atoms. The van der Waals surface area contributed by atoms with Crippen LogP contribution in [-0.2, 0) is 6.18 Å². The molecule has 1 aromatic carbocycles. The van der Waals surface area contributed by atoms with Crippen LogP contribution in [0.25, 0.3) is 10.9 Å². The molecule has 4 nitrogen and oxygen atoms in total. The predicted molar refractivity (Wildman–Crippen MR) is 64.2 cm³/mol. The van der Waals surface area contributed by atoms with Gasteiger partial charge in [0.1, 0.15) is 0 Å². The van der Waals surface area contributed by atoms with Crippen LogP contribution in [0.3, 0.4) is 0 Å². The summed E-state index contributed by atoms with van der Waals surface area (Å²) in [6, 6.07) is 2.73. The number of hydrogen-bond donors (Lipinski definition) is 1. The lowest BCUT2D eigenvalue weighted by atomic mass is 10.1. The minimum Gasteiger partial charge on any atom is -0.307 e. The SMILES string of the molecule is CC(C)n1c(=O)[nH]c2cccc(C(F)(F)F)c2c1=O. The van der Waals surface area contributed by atoms with Crippen molar-refractivity contribution in [3.05, 3.63) is 44.6 Å². The van der Waals surface area contributed by atoms with Crippen molar-refractivity contribution in [1.82, 2.24) is 9.55 Å². The third kappa shape index (κ3) is 2.16. The van der Waals surface area contributed by atoms with Gasteiger partial charge in [-0.25, -0.2) is 4.79 Å². The maximum Gasteiger partial charge on any atom is 0.417 e. The Balaban J connectivity index is 3.02. The summed E-state index contributed by atoms with van der Waals surface area (Å²) in [5, 5.41) is -0.511. The normalized spacial score (nSPS) is 12.3. The first kappa shape index (κ1) is 13.4. The number of H-pyrrole nitrogens is 1. The second kappa shape index (κ2) is 4.25. The number of nitrogens with zero attached hydrogens (tertiary/aromatic N) is 1. The molecule has 1 heterocycles. The number of rotatable bonds is 1. The smallest absolute Gasteiger partial charge is 0.307 e. The summed E-state index contributed by atoms with van der Waals surface area (Å²) in [6.45, 7) is 3.11. The van der Waals surface area contributed by atoms with Crippen LogP contribution in [-0.4, -0.2) is 9.55 Å². The van der Waals surface area contributed by atoms with Crippen molar-refractivity contribution >= 4 is 10.9 Å². The molecule has 0 saturated carbocycles. The molecule has 7 heteroatoms. The van der Waals surface area contributed by atoms with Crippen LogP contribution in [0.2, 0.25) is 0 Å². The highest BCUT2D eigenvalue weighted by atomic mass is 19.4. The summed E-state index contributed by atoms with van der Waals surface area (Å²) in [4.78, 5) is 26.1. The number of halogens is 3. The molecule has 0 bridgehead atoms. The van der Waals surface area contributed by atoms with E-state index < -0.39 is 34.4 Å². The van der Waals surface area contributed by atoms with Gasteiger partial charge in [-0.1, -0.05) is 6.07 Å². The van der Waals surface area contributed by atoms with Crippen LogP contribution >= 0.6 is 0 Å². The molecular formula is C12H11F3N2O2. The summed E-state index contributed by atoms with van der Waals surface area (Å²) in [7, 11) is 0. The van der Waals surface area contributed by atoms with Gasteiger partial charge in [0.2, 0.25) is 0 Å². The molecule has 2 aromatic rings. The van der Waals surface area contributed by atoms with Crippen LogP contribution in [0, 0.1) is 0 Å². The molecular weight excluding hydrogens is 261 g/mol. The lowest BCUT2D eigenvalue weighted by molar-refractivity contribution is -0.136. The molecule has 0 radical (unpaired) electrons. The minimum atomic E-state index is -4.65. The molecule has 0 saturated heterocycles. The fourth-order valence-electron chi connectivity index (χ4n) is 1.98. The van der Waals surface area contributed by atoms with Crippen molar-refractivity contribution in [2.75, 3.05) is 0 Å². The van der Waals surface area contributed by atoms with Gasteiger partial charge in [0.25, 0.3) is 5.56 Å². The number of fused-ring (bicyclic) bond motifs is 1. The van der Waals surface area contributed by atoms with Crippen molar-refractivity contribution < 1.29 is 13.2 Å². The van der Waals surface area contributed by atoms with E-state index in [0.29, 0.717) is 0 Å². The minimum absolute atomic E-state index is 0.110. The van der Waals surface area contributed by atoms with Gasteiger partial charge in [-0.15, -0.1) is 0 Å². The standard InChI is InChI=1S/C12H11F3N2O2/c1-6(2)17-10(18)9-7(12(13,14)15)4-3-5-8(9)16-11(17)19/h3-6H,1-2H3,(H,16,19). The highest BCUT2D eigenvalue weighted by Gasteiger charge is 2.34. The van der Waals surface area contributed by atoms with Gasteiger partial charge in [-0.3, -0.25) is 9.36 Å². The molecule has 0 atom stereocenters. The first-order chi connectivity index (χ1) is 8.73. The summed E-state index contributed by atoms with van der Waals surface area (Å²) < 4.78 is 39.4. The van der Waals surface area contributed by atoms with Crippen LogP contribution < -0.4 is 11.2 Å². The first-order valence-corrected chi connectivity index (χ1v) is 5.58. The third-order valence-corrected chi connectivity index (χ3v) is 2.78. The largest absolute Gasteiger partial charge is 0.417 e. The van der Waals surface area contributed by atoms with E-state index in [9.17, 15) is 22.8 Å². The van der Waals surface area contributed by atoms with Crippen molar-refractivity contribution in [2.45, 2.75) is 26.1 Å². The molecule has 2 rings (SSSR count). The number of benzene rings is 1. The number of aromatic amines is 1. The highest BCUT2D eigenvalue weighted by Crippen LogP contribution is 2.32. The zero-order chi connectivity index (χ0) is 14.4. The van der Waals surface area contributed by atoms with Crippen LogP contribution in [0.5, 0.6) is 0 Å². The van der Waals surface area contributed by atoms with E-state index in [1.165, 1.54) is 6.07 Å². The summed E-state index contributed by atoms with van der Waals surface area (Å²) >= 11 is 0. The van der Waals surface area contributed by atoms with Crippen LogP contribution in [0.4, 0.5) is 13.2 Å². The van der Waals surface area contributed by atoms with Crippen LogP contribution in [0.1, 0.15) is 25.5 Å². The van der Waals surface area contributed by atoms with E-state index in [4.69, 9.17) is 0 Å². The zero-order valence-electron chi connectivity index (χ0n) is 10.2. The van der Waals surface area contributed by atoms with E-state index >= 15 is 0 Å². The monoisotopic (exact) mass is 272 g/mol. The highest BCUT2D eigenvalue weighted by molar-refractivity contribution is 5.81. The van der Waals surface area contributed by atoms with Gasteiger partial charge in [0, 0.05) is 6.04 Å².